The van der Waals surface area contributed by atoms with E-state index in [4.69, 9.17) is 14.2 Å². The minimum Gasteiger partial charge on any atom is -0.507 e. The highest BCUT2D eigenvalue weighted by molar-refractivity contribution is 6.27. The van der Waals surface area contributed by atoms with E-state index < -0.39 is 70.1 Å². The van der Waals surface area contributed by atoms with Gasteiger partial charge in [0.1, 0.15) is 17.1 Å². The second-order valence-electron chi connectivity index (χ2n) is 11.3. The van der Waals surface area contributed by atoms with Crippen LogP contribution in [0.5, 0.6) is 5.75 Å². The van der Waals surface area contributed by atoms with Gasteiger partial charge in [-0.2, -0.15) is 0 Å². The van der Waals surface area contributed by atoms with E-state index >= 15 is 0 Å². The number of fused-ring (bicyclic) bond motifs is 3. The fraction of sp³-hybridized carbons (Fsp3) is 0.467. The number of ether oxygens (including phenoxy) is 3. The number of methoxy groups -OCH3 is 1. The summed E-state index contributed by atoms with van der Waals surface area (Å²) in [6.07, 6.45) is 0.277. The van der Waals surface area contributed by atoms with Crippen molar-refractivity contribution >= 4 is 41.0 Å². The number of anilines is 1. The van der Waals surface area contributed by atoms with Crippen molar-refractivity contribution in [1.29, 1.82) is 0 Å². The molecule has 0 fully saturated rings. The molecule has 0 bridgehead atoms. The first-order chi connectivity index (χ1) is 20.1. The molecule has 0 radical (unpaired) electrons. The Bertz CT molecular complexity index is 1520. The van der Waals surface area contributed by atoms with Crippen LogP contribution in [0, 0.1) is 11.8 Å². The van der Waals surface area contributed by atoms with Crippen molar-refractivity contribution < 1.29 is 48.1 Å². The third-order valence-corrected chi connectivity index (χ3v) is 8.04. The van der Waals surface area contributed by atoms with Gasteiger partial charge in [0.2, 0.25) is 17.3 Å². The fourth-order valence-electron chi connectivity index (χ4n) is 6.63. The first-order valence-corrected chi connectivity index (χ1v) is 13.6. The zero-order valence-electron chi connectivity index (χ0n) is 25.3. The van der Waals surface area contributed by atoms with Gasteiger partial charge in [-0.3, -0.25) is 39.0 Å². The molecule has 13 heteroatoms. The largest absolute Gasteiger partial charge is 0.507 e. The van der Waals surface area contributed by atoms with Gasteiger partial charge < -0.3 is 24.2 Å². The highest BCUT2D eigenvalue weighted by Crippen LogP contribution is 2.55. The summed E-state index contributed by atoms with van der Waals surface area (Å²) in [4.78, 5) is 82.1. The van der Waals surface area contributed by atoms with Crippen molar-refractivity contribution in [2.45, 2.75) is 45.3 Å². The van der Waals surface area contributed by atoms with E-state index in [1.807, 2.05) is 30.4 Å². The second-order valence-corrected chi connectivity index (χ2v) is 11.3. The van der Waals surface area contributed by atoms with Gasteiger partial charge in [-0.1, -0.05) is 0 Å². The van der Waals surface area contributed by atoms with Crippen molar-refractivity contribution in [1.82, 2.24) is 10.2 Å². The molecule has 2 N–H and O–H groups in total. The van der Waals surface area contributed by atoms with E-state index in [0.717, 1.165) is 26.5 Å². The summed E-state index contributed by atoms with van der Waals surface area (Å²) < 4.78 is 16.6. The Morgan fingerprint density at radius 3 is 2.19 bits per heavy atom. The Balaban J connectivity index is 2.09. The number of benzene rings is 1. The molecule has 0 heterocycles. The Labute approximate surface area is 248 Å². The van der Waals surface area contributed by atoms with Crippen LogP contribution in [0.4, 0.5) is 5.69 Å². The number of hydrogen-bond acceptors (Lipinski definition) is 12. The summed E-state index contributed by atoms with van der Waals surface area (Å²) in [7, 11) is 8.25. The number of nitrogens with zero attached hydrogens (tertiary/aromatic N) is 2. The van der Waals surface area contributed by atoms with E-state index in [9.17, 15) is 33.9 Å². The highest BCUT2D eigenvalue weighted by atomic mass is 16.6. The number of carbonyl (C=O) groups is 6. The van der Waals surface area contributed by atoms with E-state index in [-0.39, 0.29) is 35.5 Å². The molecule has 230 valence electrons. The molecule has 4 atom stereocenters. The maximum atomic E-state index is 14.5. The normalized spacial score (nSPS) is 24.5. The van der Waals surface area contributed by atoms with Crippen LogP contribution >= 0.6 is 0 Å². The second kappa shape index (κ2) is 11.3. The zero-order chi connectivity index (χ0) is 32.1. The van der Waals surface area contributed by atoms with Crippen molar-refractivity contribution in [2.24, 2.45) is 11.8 Å². The van der Waals surface area contributed by atoms with Gasteiger partial charge in [0.15, 0.2) is 11.5 Å². The standard InChI is InChI=1S/C30H35N3O10/c1-13(34)31-29(40)23-26(42-14(2)35)24(33(6)7)18-12-16-11-17-19(32(4)5)9-10-20(41-8)22(17)25(37)21(16)27(38)30(18,28(23)39)43-15(3)36/h9-10,16,18,24,38H,11-12H2,1-8H3,(H,31,34,40)/t16-,18-,24-,30-/m0/s1. The number of aliphatic hydroxyl groups excluding tert-OH is 1. The number of allylic oxidation sites excluding steroid dienone is 1. The van der Waals surface area contributed by atoms with E-state index in [1.165, 1.54) is 7.11 Å². The van der Waals surface area contributed by atoms with Crippen LogP contribution in [0.15, 0.2) is 34.8 Å². The van der Waals surface area contributed by atoms with Gasteiger partial charge in [0, 0.05) is 52.0 Å². The van der Waals surface area contributed by atoms with E-state index in [1.54, 1.807) is 25.1 Å². The number of rotatable bonds is 6. The summed E-state index contributed by atoms with van der Waals surface area (Å²) in [5.41, 5.74) is -1.85. The maximum Gasteiger partial charge on any atom is 0.307 e. The van der Waals surface area contributed by atoms with Crippen molar-refractivity contribution in [3.63, 3.8) is 0 Å². The van der Waals surface area contributed by atoms with Crippen molar-refractivity contribution in [3.05, 3.63) is 45.9 Å². The number of esters is 2. The summed E-state index contributed by atoms with van der Waals surface area (Å²) in [6, 6.07) is 2.36. The van der Waals surface area contributed by atoms with Gasteiger partial charge in [0.25, 0.3) is 5.91 Å². The molecule has 0 unspecified atom stereocenters. The number of amides is 2. The molecular formula is C30H35N3O10. The van der Waals surface area contributed by atoms with Gasteiger partial charge in [-0.25, -0.2) is 0 Å². The number of hydrogen-bond donors (Lipinski definition) is 2. The molecule has 0 spiro atoms. The summed E-state index contributed by atoms with van der Waals surface area (Å²) in [5, 5.41) is 14.0. The van der Waals surface area contributed by atoms with Crippen LogP contribution < -0.4 is 15.0 Å². The van der Waals surface area contributed by atoms with Crippen molar-refractivity contribution in [2.75, 3.05) is 40.2 Å². The molecule has 43 heavy (non-hydrogen) atoms. The van der Waals surface area contributed by atoms with Crippen LogP contribution in [0.2, 0.25) is 0 Å². The molecule has 13 nitrogen and oxygen atoms in total. The number of ketones is 2. The Morgan fingerprint density at radius 2 is 1.67 bits per heavy atom. The van der Waals surface area contributed by atoms with Crippen LogP contribution in [-0.4, -0.2) is 92.3 Å². The highest BCUT2D eigenvalue weighted by Gasteiger charge is 2.67. The average Bonchev–Trinajstić information content (AvgIpc) is 2.88. The first kappa shape index (κ1) is 31.4. The Kier molecular flexibility index (Phi) is 8.25. The molecule has 3 aliphatic rings. The SMILES string of the molecule is COc1ccc(N(C)C)c2c1C(=O)C1=C(O)[C@]3(OC(C)=O)C(=O)C(C(=O)NC(C)=O)=C(OC(C)=O)[C@@H](N(C)C)[C@@H]3C[C@@H]1C2. The molecule has 0 saturated heterocycles. The first-order valence-electron chi connectivity index (χ1n) is 13.6. The van der Waals surface area contributed by atoms with Gasteiger partial charge in [0.05, 0.1) is 18.7 Å². The number of Topliss-reactive ketones (excluding diaryl/α,β-unsaturated/α-hetero) is 2. The van der Waals surface area contributed by atoms with Gasteiger partial charge in [-0.15, -0.1) is 0 Å². The summed E-state index contributed by atoms with van der Waals surface area (Å²) in [5.74, 6) is -8.37. The van der Waals surface area contributed by atoms with Crippen LogP contribution in [-0.2, 0) is 39.9 Å². The smallest absolute Gasteiger partial charge is 0.307 e. The number of carbonyl (C=O) groups excluding carboxylic acids is 6. The van der Waals surface area contributed by atoms with Crippen LogP contribution in [0.3, 0.4) is 0 Å². The number of nitrogens with one attached hydrogen (secondary N) is 1. The molecule has 0 aromatic heterocycles. The molecular weight excluding hydrogens is 562 g/mol. The molecule has 1 aromatic rings. The molecule has 3 aliphatic carbocycles. The zero-order valence-corrected chi connectivity index (χ0v) is 25.3. The lowest BCUT2D eigenvalue weighted by Gasteiger charge is -2.52. The molecule has 0 aliphatic heterocycles. The lowest BCUT2D eigenvalue weighted by Crippen LogP contribution is -2.65. The minimum atomic E-state index is -2.54. The van der Waals surface area contributed by atoms with Crippen LogP contribution in [0.1, 0.15) is 43.1 Å². The van der Waals surface area contributed by atoms with Gasteiger partial charge in [-0.05, 0) is 50.6 Å². The predicted octanol–water partition coefficient (Wildman–Crippen LogP) is 1.24. The average molecular weight is 598 g/mol. The van der Waals surface area contributed by atoms with Crippen LogP contribution in [0.25, 0.3) is 0 Å². The molecule has 2 amide bonds. The summed E-state index contributed by atoms with van der Waals surface area (Å²) >= 11 is 0. The monoisotopic (exact) mass is 597 g/mol. The molecule has 0 saturated carbocycles. The third-order valence-electron chi connectivity index (χ3n) is 8.04. The fourth-order valence-corrected chi connectivity index (χ4v) is 6.63. The quantitative estimate of drug-likeness (QED) is 0.356. The van der Waals surface area contributed by atoms with Crippen molar-refractivity contribution in [3.8, 4) is 5.75 Å². The predicted molar refractivity (Wildman–Crippen MR) is 151 cm³/mol. The topological polar surface area (TPSA) is 169 Å². The maximum absolute atomic E-state index is 14.5. The summed E-state index contributed by atoms with van der Waals surface area (Å²) in [6.45, 7) is 3.16. The lowest BCUT2D eigenvalue weighted by molar-refractivity contribution is -0.178. The van der Waals surface area contributed by atoms with E-state index in [0.29, 0.717) is 5.56 Å². The Morgan fingerprint density at radius 1 is 1.02 bits per heavy atom. The Hall–Kier alpha value is -4.52. The molecule has 1 aromatic carbocycles. The third kappa shape index (κ3) is 4.97. The minimum absolute atomic E-state index is 0.0168. The lowest BCUT2D eigenvalue weighted by atomic mass is 9.58. The number of imide groups is 1. The molecule has 4 rings (SSSR count). The number of aliphatic hydroxyl groups is 1. The number of likely N-dealkylation sites (N-methyl/N-ethyl adjacent to an activating group) is 1. The van der Waals surface area contributed by atoms with E-state index in [2.05, 4.69) is 0 Å². The van der Waals surface area contributed by atoms with Gasteiger partial charge >= 0.3 is 11.9 Å².